The maximum atomic E-state index is 13.3. The summed E-state index contributed by atoms with van der Waals surface area (Å²) >= 11 is 0. The maximum Gasteiger partial charge on any atom is 0.269 e. The second-order valence-corrected chi connectivity index (χ2v) is 6.65. The molecule has 0 aliphatic carbocycles. The Morgan fingerprint density at radius 1 is 0.900 bits per heavy atom. The van der Waals surface area contributed by atoms with Crippen LogP contribution in [0.15, 0.2) is 78.9 Å². The second kappa shape index (κ2) is 10.9. The minimum atomic E-state index is -0.671. The molecule has 0 aliphatic rings. The number of rotatable bonds is 10. The van der Waals surface area contributed by atoms with Crippen molar-refractivity contribution in [2.24, 2.45) is 0 Å². The van der Waals surface area contributed by atoms with Gasteiger partial charge in [0.15, 0.2) is 6.10 Å². The van der Waals surface area contributed by atoms with Gasteiger partial charge in [-0.05, 0) is 41.0 Å². The van der Waals surface area contributed by atoms with Crippen molar-refractivity contribution in [3.8, 4) is 5.75 Å². The first kappa shape index (κ1) is 21.2. The Morgan fingerprint density at radius 3 is 2.07 bits per heavy atom. The Hall–Kier alpha value is -3.51. The molecule has 0 saturated carbocycles. The third-order valence-electron chi connectivity index (χ3n) is 4.34. The van der Waals surface area contributed by atoms with Crippen molar-refractivity contribution in [1.82, 2.24) is 0 Å². The molecule has 3 aromatic rings. The van der Waals surface area contributed by atoms with Gasteiger partial charge in [0.1, 0.15) is 12.4 Å². The summed E-state index contributed by atoms with van der Waals surface area (Å²) in [5, 5.41) is 10.7. The minimum absolute atomic E-state index is 0.0591. The van der Waals surface area contributed by atoms with Crippen LogP contribution in [0.25, 0.3) is 12.2 Å². The highest BCUT2D eigenvalue weighted by molar-refractivity contribution is 5.70. The van der Waals surface area contributed by atoms with Crippen molar-refractivity contribution >= 4 is 17.8 Å². The van der Waals surface area contributed by atoms with Crippen molar-refractivity contribution in [2.45, 2.75) is 12.7 Å². The van der Waals surface area contributed by atoms with E-state index in [2.05, 4.69) is 0 Å². The molecule has 0 heterocycles. The number of alkyl halides is 1. The summed E-state index contributed by atoms with van der Waals surface area (Å²) < 4.78 is 24.5. The fraction of sp³-hybridized carbons (Fsp3) is 0.167. The quantitative estimate of drug-likeness (QED) is 0.246. The molecule has 154 valence electrons. The number of halogens is 1. The van der Waals surface area contributed by atoms with Crippen LogP contribution in [0.3, 0.4) is 0 Å². The van der Waals surface area contributed by atoms with Crippen LogP contribution in [-0.4, -0.2) is 24.3 Å². The average Bonchev–Trinajstić information content (AvgIpc) is 2.79. The van der Waals surface area contributed by atoms with Crippen LogP contribution in [-0.2, 0) is 11.3 Å². The van der Waals surface area contributed by atoms with Crippen LogP contribution in [0.2, 0.25) is 0 Å². The number of ether oxygens (including phenoxy) is 2. The molecule has 0 amide bonds. The highest BCUT2D eigenvalue weighted by atomic mass is 19.1. The van der Waals surface area contributed by atoms with Gasteiger partial charge in [-0.15, -0.1) is 0 Å². The van der Waals surface area contributed by atoms with Crippen LogP contribution in [0.4, 0.5) is 10.1 Å². The standard InChI is InChI=1S/C24H22FNO4/c25-16-24(18-29-17-21-4-2-1-3-5-21)30-23-14-10-20(11-15-23)7-6-19-8-12-22(13-9-19)26(27)28/h1-15,24H,16-18H2. The summed E-state index contributed by atoms with van der Waals surface area (Å²) in [6.45, 7) is -0.0726. The first-order valence-corrected chi connectivity index (χ1v) is 9.51. The van der Waals surface area contributed by atoms with Gasteiger partial charge in [-0.25, -0.2) is 4.39 Å². The number of nitrogens with zero attached hydrogens (tertiary/aromatic N) is 1. The topological polar surface area (TPSA) is 61.6 Å². The van der Waals surface area contributed by atoms with Crippen LogP contribution < -0.4 is 4.74 Å². The van der Waals surface area contributed by atoms with E-state index in [1.807, 2.05) is 54.6 Å². The smallest absolute Gasteiger partial charge is 0.269 e. The number of benzene rings is 3. The molecule has 0 fully saturated rings. The van der Waals surface area contributed by atoms with Crippen molar-refractivity contribution in [3.05, 3.63) is 106 Å². The van der Waals surface area contributed by atoms with Gasteiger partial charge in [0, 0.05) is 12.1 Å². The summed E-state index contributed by atoms with van der Waals surface area (Å²) in [4.78, 5) is 10.3. The maximum absolute atomic E-state index is 13.3. The van der Waals surface area contributed by atoms with Gasteiger partial charge in [0.25, 0.3) is 5.69 Å². The lowest BCUT2D eigenvalue weighted by molar-refractivity contribution is -0.384. The van der Waals surface area contributed by atoms with E-state index >= 15 is 0 Å². The number of non-ortho nitro benzene ring substituents is 1. The molecule has 1 atom stereocenters. The molecule has 5 nitrogen and oxygen atoms in total. The monoisotopic (exact) mass is 407 g/mol. The van der Waals surface area contributed by atoms with E-state index in [-0.39, 0.29) is 12.3 Å². The lowest BCUT2D eigenvalue weighted by Crippen LogP contribution is -2.25. The van der Waals surface area contributed by atoms with Crippen molar-refractivity contribution in [2.75, 3.05) is 13.3 Å². The number of hydrogen-bond acceptors (Lipinski definition) is 4. The lowest BCUT2D eigenvalue weighted by atomic mass is 10.1. The van der Waals surface area contributed by atoms with E-state index in [0.29, 0.717) is 12.4 Å². The molecule has 6 heteroatoms. The van der Waals surface area contributed by atoms with E-state index < -0.39 is 17.7 Å². The summed E-state index contributed by atoms with van der Waals surface area (Å²) in [7, 11) is 0. The fourth-order valence-electron chi connectivity index (χ4n) is 2.74. The van der Waals surface area contributed by atoms with Gasteiger partial charge in [-0.2, -0.15) is 0 Å². The SMILES string of the molecule is O=[N+]([O-])c1ccc(C=Cc2ccc(OC(CF)COCc3ccccc3)cc2)cc1. The third kappa shape index (κ3) is 6.53. The molecular weight excluding hydrogens is 385 g/mol. The predicted molar refractivity (Wildman–Crippen MR) is 115 cm³/mol. The first-order valence-electron chi connectivity index (χ1n) is 9.51. The van der Waals surface area contributed by atoms with Gasteiger partial charge in [-0.3, -0.25) is 10.1 Å². The van der Waals surface area contributed by atoms with Crippen molar-refractivity contribution in [3.63, 3.8) is 0 Å². The van der Waals surface area contributed by atoms with Gasteiger partial charge in [-0.1, -0.05) is 54.6 Å². The summed E-state index contributed by atoms with van der Waals surface area (Å²) in [6, 6.07) is 23.3. The summed E-state index contributed by atoms with van der Waals surface area (Å²) in [6.07, 6.45) is 3.08. The van der Waals surface area contributed by atoms with Gasteiger partial charge in [0.2, 0.25) is 0 Å². The van der Waals surface area contributed by atoms with E-state index in [9.17, 15) is 14.5 Å². The number of nitro groups is 1. The number of hydrogen-bond donors (Lipinski definition) is 0. The second-order valence-electron chi connectivity index (χ2n) is 6.65. The Morgan fingerprint density at radius 2 is 1.50 bits per heavy atom. The molecular formula is C24H22FNO4. The molecule has 3 rings (SSSR count). The molecule has 3 aromatic carbocycles. The highest BCUT2D eigenvalue weighted by Crippen LogP contribution is 2.18. The molecule has 0 bridgehead atoms. The Labute approximate surface area is 174 Å². The molecule has 0 radical (unpaired) electrons. The van der Waals surface area contributed by atoms with Gasteiger partial charge < -0.3 is 9.47 Å². The van der Waals surface area contributed by atoms with Crippen LogP contribution in [0, 0.1) is 10.1 Å². The molecule has 0 aliphatic heterocycles. The fourth-order valence-corrected chi connectivity index (χ4v) is 2.74. The molecule has 0 spiro atoms. The molecule has 1 unspecified atom stereocenters. The molecule has 0 N–H and O–H groups in total. The van der Waals surface area contributed by atoms with Crippen molar-refractivity contribution in [1.29, 1.82) is 0 Å². The van der Waals surface area contributed by atoms with E-state index in [1.165, 1.54) is 12.1 Å². The van der Waals surface area contributed by atoms with Crippen LogP contribution in [0.1, 0.15) is 16.7 Å². The predicted octanol–water partition coefficient (Wildman–Crippen LogP) is 5.70. The third-order valence-corrected chi connectivity index (χ3v) is 4.34. The van der Waals surface area contributed by atoms with Crippen LogP contribution in [0.5, 0.6) is 5.75 Å². The normalized spacial score (nSPS) is 12.0. The molecule has 0 saturated heterocycles. The Bertz CT molecular complexity index is 957. The minimum Gasteiger partial charge on any atom is -0.485 e. The summed E-state index contributed by atoms with van der Waals surface area (Å²) in [5.74, 6) is 0.563. The highest BCUT2D eigenvalue weighted by Gasteiger charge is 2.11. The van der Waals surface area contributed by atoms with Crippen molar-refractivity contribution < 1.29 is 18.8 Å². The van der Waals surface area contributed by atoms with E-state index in [4.69, 9.17) is 9.47 Å². The van der Waals surface area contributed by atoms with Crippen LogP contribution >= 0.6 is 0 Å². The largest absolute Gasteiger partial charge is 0.485 e. The lowest BCUT2D eigenvalue weighted by Gasteiger charge is -2.16. The molecule has 30 heavy (non-hydrogen) atoms. The Kier molecular flexibility index (Phi) is 7.69. The average molecular weight is 407 g/mol. The zero-order valence-corrected chi connectivity index (χ0v) is 16.3. The van der Waals surface area contributed by atoms with Gasteiger partial charge in [0.05, 0.1) is 18.1 Å². The zero-order valence-electron chi connectivity index (χ0n) is 16.3. The van der Waals surface area contributed by atoms with E-state index in [0.717, 1.165) is 16.7 Å². The first-order chi connectivity index (χ1) is 14.6. The molecule has 0 aromatic heterocycles. The summed E-state index contributed by atoms with van der Waals surface area (Å²) in [5.41, 5.74) is 2.87. The Balaban J connectivity index is 1.50. The zero-order chi connectivity index (χ0) is 21.2. The van der Waals surface area contributed by atoms with Gasteiger partial charge >= 0.3 is 0 Å². The van der Waals surface area contributed by atoms with E-state index in [1.54, 1.807) is 24.3 Å². The number of nitro benzene ring substituents is 1.